The zero-order chi connectivity index (χ0) is 18.2. The van der Waals surface area contributed by atoms with E-state index in [2.05, 4.69) is 51.1 Å². The number of imidazole rings is 1. The number of piperidine rings is 1. The van der Waals surface area contributed by atoms with Gasteiger partial charge in [0.1, 0.15) is 11.9 Å². The molecule has 5 nitrogen and oxygen atoms in total. The quantitative estimate of drug-likeness (QED) is 0.667. The molecule has 3 aromatic rings. The van der Waals surface area contributed by atoms with Gasteiger partial charge in [0.2, 0.25) is 0 Å². The van der Waals surface area contributed by atoms with Gasteiger partial charge in [-0.05, 0) is 49.8 Å². The molecule has 2 fully saturated rings. The number of hydrogen-bond acceptors (Lipinski definition) is 3. The first kappa shape index (κ1) is 16.9. The molecule has 1 aliphatic carbocycles. The molecule has 1 aromatic carbocycles. The van der Waals surface area contributed by atoms with Gasteiger partial charge >= 0.3 is 0 Å². The van der Waals surface area contributed by atoms with Crippen LogP contribution in [-0.4, -0.2) is 38.2 Å². The van der Waals surface area contributed by atoms with Crippen LogP contribution in [-0.2, 0) is 20.1 Å². The van der Waals surface area contributed by atoms with Gasteiger partial charge in [0.25, 0.3) is 0 Å². The number of rotatable bonds is 6. The Morgan fingerprint density at radius 1 is 1.11 bits per heavy atom. The van der Waals surface area contributed by atoms with E-state index in [0.29, 0.717) is 6.10 Å². The fraction of sp³-hybridized carbons (Fsp3) is 0.500. The van der Waals surface area contributed by atoms with Crippen molar-refractivity contribution < 1.29 is 4.74 Å². The second-order valence-corrected chi connectivity index (χ2v) is 8.22. The van der Waals surface area contributed by atoms with Crippen molar-refractivity contribution in [3.63, 3.8) is 0 Å². The highest BCUT2D eigenvalue weighted by molar-refractivity contribution is 5.86. The van der Waals surface area contributed by atoms with Gasteiger partial charge in [-0.15, -0.1) is 0 Å². The summed E-state index contributed by atoms with van der Waals surface area (Å²) in [6, 6.07) is 8.71. The number of ether oxygens (including phenoxy) is 1. The molecule has 1 aliphatic heterocycles. The maximum atomic E-state index is 6.45. The number of likely N-dealkylation sites (tertiary alicyclic amines) is 1. The summed E-state index contributed by atoms with van der Waals surface area (Å²) in [4.78, 5) is 6.93. The molecular formula is C22H28N4O. The van der Waals surface area contributed by atoms with Gasteiger partial charge in [-0.1, -0.05) is 6.07 Å². The molecule has 5 heteroatoms. The van der Waals surface area contributed by atoms with Crippen LogP contribution < -0.4 is 4.74 Å². The second kappa shape index (κ2) is 7.04. The highest BCUT2D eigenvalue weighted by Crippen LogP contribution is 2.34. The molecule has 0 spiro atoms. The van der Waals surface area contributed by atoms with Crippen LogP contribution in [0, 0.1) is 5.92 Å². The first-order valence-corrected chi connectivity index (χ1v) is 10.2. The summed E-state index contributed by atoms with van der Waals surface area (Å²) in [7, 11) is 2.02. The van der Waals surface area contributed by atoms with E-state index in [1.54, 1.807) is 0 Å². The summed E-state index contributed by atoms with van der Waals surface area (Å²) in [6.45, 7) is 4.23. The van der Waals surface area contributed by atoms with Crippen molar-refractivity contribution in [2.75, 3.05) is 13.1 Å². The number of fused-ring (bicyclic) bond motifs is 1. The predicted octanol–water partition coefficient (Wildman–Crippen LogP) is 3.83. The van der Waals surface area contributed by atoms with Crippen molar-refractivity contribution in [1.29, 1.82) is 0 Å². The third-order valence-corrected chi connectivity index (χ3v) is 5.90. The first-order chi connectivity index (χ1) is 13.2. The molecule has 0 atom stereocenters. The van der Waals surface area contributed by atoms with Crippen molar-refractivity contribution in [3.05, 3.63) is 48.7 Å². The molecule has 1 saturated carbocycles. The fourth-order valence-corrected chi connectivity index (χ4v) is 4.18. The lowest BCUT2D eigenvalue weighted by Crippen LogP contribution is -2.37. The van der Waals surface area contributed by atoms with E-state index in [4.69, 9.17) is 4.74 Å². The van der Waals surface area contributed by atoms with Gasteiger partial charge in [-0.3, -0.25) is 4.90 Å². The van der Waals surface area contributed by atoms with Crippen molar-refractivity contribution in [1.82, 2.24) is 19.0 Å². The van der Waals surface area contributed by atoms with Crippen molar-refractivity contribution in [2.45, 2.75) is 44.9 Å². The predicted molar refractivity (Wildman–Crippen MR) is 107 cm³/mol. The van der Waals surface area contributed by atoms with E-state index in [9.17, 15) is 0 Å². The maximum absolute atomic E-state index is 6.45. The van der Waals surface area contributed by atoms with Crippen LogP contribution in [0.15, 0.2) is 43.0 Å². The Kier molecular flexibility index (Phi) is 4.40. The second-order valence-electron chi connectivity index (χ2n) is 8.22. The summed E-state index contributed by atoms with van der Waals surface area (Å²) >= 11 is 0. The molecule has 0 unspecified atom stereocenters. The highest BCUT2D eigenvalue weighted by Gasteiger charge is 2.24. The van der Waals surface area contributed by atoms with Gasteiger partial charge < -0.3 is 13.9 Å². The summed E-state index contributed by atoms with van der Waals surface area (Å²) in [5, 5.41) is 1.26. The minimum Gasteiger partial charge on any atom is -0.490 e. The molecule has 0 bridgehead atoms. The van der Waals surface area contributed by atoms with E-state index >= 15 is 0 Å². The summed E-state index contributed by atoms with van der Waals surface area (Å²) < 4.78 is 10.9. The lowest BCUT2D eigenvalue weighted by molar-refractivity contribution is 0.0973. The minimum atomic E-state index is 0.308. The zero-order valence-electron chi connectivity index (χ0n) is 16.1. The molecule has 0 radical (unpaired) electrons. The third kappa shape index (κ3) is 3.74. The van der Waals surface area contributed by atoms with Crippen LogP contribution in [0.2, 0.25) is 0 Å². The molecular weight excluding hydrogens is 336 g/mol. The van der Waals surface area contributed by atoms with E-state index in [1.165, 1.54) is 23.7 Å². The highest BCUT2D eigenvalue weighted by atomic mass is 16.5. The zero-order valence-corrected chi connectivity index (χ0v) is 16.1. The number of aromatic nitrogens is 3. The third-order valence-electron chi connectivity index (χ3n) is 5.90. The van der Waals surface area contributed by atoms with Gasteiger partial charge in [0.15, 0.2) is 0 Å². The normalized spacial score (nSPS) is 19.0. The number of benzene rings is 1. The Morgan fingerprint density at radius 3 is 2.70 bits per heavy atom. The Bertz CT molecular complexity index is 915. The Hall–Kier alpha value is -2.27. The van der Waals surface area contributed by atoms with Crippen LogP contribution >= 0.6 is 0 Å². The molecule has 2 aliphatic rings. The number of aryl methyl sites for hydroxylation is 1. The van der Waals surface area contributed by atoms with Crippen molar-refractivity contribution in [3.8, 4) is 5.75 Å². The standard InChI is InChI=1S/C22H28N4O/c1-24-14-18(23-16-24)15-25-10-7-19(8-11-25)27-22-4-2-3-21-20(22)9-12-26(21)13-17-5-6-17/h2-4,9,12,14,16-17,19H,5-8,10-11,13,15H2,1H3. The topological polar surface area (TPSA) is 35.2 Å². The summed E-state index contributed by atoms with van der Waals surface area (Å²) in [6.07, 6.45) is 11.4. The fourth-order valence-electron chi connectivity index (χ4n) is 4.18. The first-order valence-electron chi connectivity index (χ1n) is 10.2. The molecule has 0 N–H and O–H groups in total. The minimum absolute atomic E-state index is 0.308. The van der Waals surface area contributed by atoms with E-state index in [1.807, 2.05) is 17.9 Å². The summed E-state index contributed by atoms with van der Waals surface area (Å²) in [5.74, 6) is 1.93. The largest absolute Gasteiger partial charge is 0.490 e. The van der Waals surface area contributed by atoms with Gasteiger partial charge in [-0.2, -0.15) is 0 Å². The number of hydrogen-bond donors (Lipinski definition) is 0. The monoisotopic (exact) mass is 364 g/mol. The van der Waals surface area contributed by atoms with Crippen LogP contribution in [0.3, 0.4) is 0 Å². The maximum Gasteiger partial charge on any atom is 0.129 e. The molecule has 3 heterocycles. The van der Waals surface area contributed by atoms with Crippen LogP contribution in [0.1, 0.15) is 31.4 Å². The Balaban J connectivity index is 1.22. The number of nitrogens with zero attached hydrogens (tertiary/aromatic N) is 4. The molecule has 142 valence electrons. The lowest BCUT2D eigenvalue weighted by Gasteiger charge is -2.31. The van der Waals surface area contributed by atoms with Gasteiger partial charge in [0.05, 0.1) is 17.5 Å². The molecule has 5 rings (SSSR count). The molecule has 27 heavy (non-hydrogen) atoms. The Morgan fingerprint density at radius 2 is 1.96 bits per heavy atom. The van der Waals surface area contributed by atoms with Gasteiger partial charge in [-0.25, -0.2) is 4.98 Å². The molecule has 2 aromatic heterocycles. The Labute approximate surface area is 160 Å². The molecule has 0 amide bonds. The van der Waals surface area contributed by atoms with E-state index in [-0.39, 0.29) is 0 Å². The van der Waals surface area contributed by atoms with Crippen molar-refractivity contribution >= 4 is 10.9 Å². The van der Waals surface area contributed by atoms with Crippen LogP contribution in [0.5, 0.6) is 5.75 Å². The lowest BCUT2D eigenvalue weighted by atomic mass is 10.1. The smallest absolute Gasteiger partial charge is 0.129 e. The summed E-state index contributed by atoms with van der Waals surface area (Å²) in [5.41, 5.74) is 2.46. The average Bonchev–Trinajstić information content (AvgIpc) is 3.26. The van der Waals surface area contributed by atoms with Crippen molar-refractivity contribution in [2.24, 2.45) is 13.0 Å². The van der Waals surface area contributed by atoms with Crippen LogP contribution in [0.25, 0.3) is 10.9 Å². The molecule has 1 saturated heterocycles. The van der Waals surface area contributed by atoms with Crippen LogP contribution in [0.4, 0.5) is 0 Å². The SMILES string of the molecule is Cn1cnc(CN2CCC(Oc3cccc4c3ccn4CC3CC3)CC2)c1. The van der Waals surface area contributed by atoms with Gasteiger partial charge in [0, 0.05) is 51.0 Å². The van der Waals surface area contributed by atoms with E-state index in [0.717, 1.165) is 56.4 Å². The average molecular weight is 364 g/mol. The van der Waals surface area contributed by atoms with E-state index < -0.39 is 0 Å².